The normalized spacial score (nSPS) is 12.7. The SMILES string of the molecule is COCC(O)CN(CC(=O)Nc1ccc(F)cc1)C(C)C. The molecule has 0 aliphatic heterocycles. The summed E-state index contributed by atoms with van der Waals surface area (Å²) in [7, 11) is 1.52. The highest BCUT2D eigenvalue weighted by molar-refractivity contribution is 5.92. The van der Waals surface area contributed by atoms with Gasteiger partial charge in [-0.3, -0.25) is 9.69 Å². The number of aliphatic hydroxyl groups is 1. The summed E-state index contributed by atoms with van der Waals surface area (Å²) in [6, 6.07) is 5.70. The topological polar surface area (TPSA) is 61.8 Å². The van der Waals surface area contributed by atoms with Crippen molar-refractivity contribution in [3.8, 4) is 0 Å². The molecule has 6 heteroatoms. The number of hydrogen-bond acceptors (Lipinski definition) is 4. The maximum Gasteiger partial charge on any atom is 0.238 e. The number of ether oxygens (including phenoxy) is 1. The van der Waals surface area contributed by atoms with Crippen molar-refractivity contribution >= 4 is 11.6 Å². The summed E-state index contributed by atoms with van der Waals surface area (Å²) in [5, 5.41) is 12.5. The number of methoxy groups -OCH3 is 1. The van der Waals surface area contributed by atoms with Gasteiger partial charge in [-0.25, -0.2) is 4.39 Å². The molecule has 0 saturated heterocycles. The zero-order valence-electron chi connectivity index (χ0n) is 12.7. The van der Waals surface area contributed by atoms with Gasteiger partial charge in [-0.15, -0.1) is 0 Å². The second-order valence-corrected chi connectivity index (χ2v) is 5.19. The molecular weight excluding hydrogens is 275 g/mol. The molecule has 1 rings (SSSR count). The summed E-state index contributed by atoms with van der Waals surface area (Å²) in [6.45, 7) is 4.62. The molecule has 1 aromatic rings. The van der Waals surface area contributed by atoms with E-state index < -0.39 is 6.10 Å². The van der Waals surface area contributed by atoms with Gasteiger partial charge in [0, 0.05) is 25.4 Å². The van der Waals surface area contributed by atoms with E-state index in [-0.39, 0.29) is 30.9 Å². The van der Waals surface area contributed by atoms with Crippen LogP contribution in [-0.4, -0.2) is 54.9 Å². The number of carbonyl (C=O) groups excluding carboxylic acids is 1. The van der Waals surface area contributed by atoms with Gasteiger partial charge in [0.1, 0.15) is 5.82 Å². The number of amides is 1. The van der Waals surface area contributed by atoms with E-state index in [0.717, 1.165) is 0 Å². The van der Waals surface area contributed by atoms with Gasteiger partial charge in [-0.05, 0) is 38.1 Å². The highest BCUT2D eigenvalue weighted by Gasteiger charge is 2.18. The molecule has 0 fully saturated rings. The predicted octanol–water partition coefficient (Wildman–Crippen LogP) is 1.48. The summed E-state index contributed by atoms with van der Waals surface area (Å²) in [5.74, 6) is -0.556. The van der Waals surface area contributed by atoms with Crippen LogP contribution >= 0.6 is 0 Å². The molecule has 21 heavy (non-hydrogen) atoms. The fraction of sp³-hybridized carbons (Fsp3) is 0.533. The van der Waals surface area contributed by atoms with Gasteiger partial charge >= 0.3 is 0 Å². The Morgan fingerprint density at radius 2 is 2.00 bits per heavy atom. The van der Waals surface area contributed by atoms with Crippen LogP contribution in [0.4, 0.5) is 10.1 Å². The summed E-state index contributed by atoms with van der Waals surface area (Å²) in [6.07, 6.45) is -0.643. The van der Waals surface area contributed by atoms with Crippen molar-refractivity contribution in [2.24, 2.45) is 0 Å². The quantitative estimate of drug-likeness (QED) is 0.763. The van der Waals surface area contributed by atoms with Crippen molar-refractivity contribution in [1.29, 1.82) is 0 Å². The second-order valence-electron chi connectivity index (χ2n) is 5.19. The minimum Gasteiger partial charge on any atom is -0.389 e. The van der Waals surface area contributed by atoms with E-state index in [1.807, 2.05) is 18.7 Å². The van der Waals surface area contributed by atoms with Crippen LogP contribution in [0.5, 0.6) is 0 Å². The Kier molecular flexibility index (Phi) is 7.28. The van der Waals surface area contributed by atoms with E-state index in [4.69, 9.17) is 4.74 Å². The van der Waals surface area contributed by atoms with E-state index in [1.54, 1.807) is 0 Å². The van der Waals surface area contributed by atoms with Crippen molar-refractivity contribution in [2.45, 2.75) is 26.0 Å². The van der Waals surface area contributed by atoms with Gasteiger partial charge in [-0.1, -0.05) is 0 Å². The molecule has 1 amide bonds. The maximum absolute atomic E-state index is 12.8. The van der Waals surface area contributed by atoms with Crippen LogP contribution in [-0.2, 0) is 9.53 Å². The molecule has 2 N–H and O–H groups in total. The number of nitrogens with one attached hydrogen (secondary N) is 1. The number of halogens is 1. The van der Waals surface area contributed by atoms with Crippen molar-refractivity contribution in [3.05, 3.63) is 30.1 Å². The molecule has 0 aromatic heterocycles. The molecule has 0 aliphatic carbocycles. The molecule has 0 spiro atoms. The van der Waals surface area contributed by atoms with Gasteiger partial charge in [-0.2, -0.15) is 0 Å². The highest BCUT2D eigenvalue weighted by atomic mass is 19.1. The van der Waals surface area contributed by atoms with Gasteiger partial charge in [0.05, 0.1) is 19.3 Å². The van der Waals surface area contributed by atoms with Crippen molar-refractivity contribution in [2.75, 3.05) is 32.1 Å². The third kappa shape index (κ3) is 6.66. The number of carbonyl (C=O) groups is 1. The molecule has 0 radical (unpaired) electrons. The summed E-state index contributed by atoms with van der Waals surface area (Å²) in [4.78, 5) is 13.8. The molecule has 0 saturated carbocycles. The number of hydrogen-bond donors (Lipinski definition) is 2. The minimum absolute atomic E-state index is 0.107. The predicted molar refractivity (Wildman–Crippen MR) is 79.6 cm³/mol. The van der Waals surface area contributed by atoms with E-state index in [1.165, 1.54) is 31.4 Å². The first-order valence-electron chi connectivity index (χ1n) is 6.89. The maximum atomic E-state index is 12.8. The zero-order chi connectivity index (χ0) is 15.8. The van der Waals surface area contributed by atoms with Crippen LogP contribution in [0.1, 0.15) is 13.8 Å². The summed E-state index contributed by atoms with van der Waals surface area (Å²) < 4.78 is 17.7. The molecule has 0 aliphatic rings. The lowest BCUT2D eigenvalue weighted by Gasteiger charge is -2.27. The molecule has 118 valence electrons. The Labute approximate surface area is 124 Å². The monoisotopic (exact) mass is 298 g/mol. The summed E-state index contributed by atoms with van der Waals surface area (Å²) >= 11 is 0. The number of aliphatic hydroxyl groups excluding tert-OH is 1. The molecule has 1 atom stereocenters. The first kappa shape index (κ1) is 17.6. The Morgan fingerprint density at radius 3 is 2.52 bits per heavy atom. The van der Waals surface area contributed by atoms with Crippen LogP contribution < -0.4 is 5.32 Å². The van der Waals surface area contributed by atoms with Gasteiger partial charge in [0.15, 0.2) is 0 Å². The molecule has 0 heterocycles. The van der Waals surface area contributed by atoms with Crippen LogP contribution in [0.25, 0.3) is 0 Å². The molecule has 0 bridgehead atoms. The Bertz CT molecular complexity index is 437. The first-order valence-corrected chi connectivity index (χ1v) is 6.89. The fourth-order valence-electron chi connectivity index (χ4n) is 1.89. The van der Waals surface area contributed by atoms with Gasteiger partial charge < -0.3 is 15.2 Å². The van der Waals surface area contributed by atoms with Crippen molar-refractivity contribution < 1.29 is 19.0 Å². The van der Waals surface area contributed by atoms with Crippen LogP contribution in [0.2, 0.25) is 0 Å². The van der Waals surface area contributed by atoms with Crippen LogP contribution in [0.3, 0.4) is 0 Å². The van der Waals surface area contributed by atoms with Crippen LogP contribution in [0.15, 0.2) is 24.3 Å². The third-order valence-corrected chi connectivity index (χ3v) is 3.01. The smallest absolute Gasteiger partial charge is 0.238 e. The molecule has 1 aromatic carbocycles. The van der Waals surface area contributed by atoms with Gasteiger partial charge in [0.25, 0.3) is 0 Å². The van der Waals surface area contributed by atoms with E-state index in [9.17, 15) is 14.3 Å². The van der Waals surface area contributed by atoms with E-state index in [2.05, 4.69) is 5.32 Å². The molecule has 5 nitrogen and oxygen atoms in total. The lowest BCUT2D eigenvalue weighted by Crippen LogP contribution is -2.43. The molecular formula is C15H23FN2O3. The third-order valence-electron chi connectivity index (χ3n) is 3.01. The average Bonchev–Trinajstić information content (AvgIpc) is 2.41. The molecule has 1 unspecified atom stereocenters. The van der Waals surface area contributed by atoms with Crippen molar-refractivity contribution in [3.63, 3.8) is 0 Å². The standard InChI is InChI=1S/C15H23FN2O3/c1-11(2)18(8-14(19)10-21-3)9-15(20)17-13-6-4-12(16)5-7-13/h4-7,11,14,19H,8-10H2,1-3H3,(H,17,20). The number of benzene rings is 1. The van der Waals surface area contributed by atoms with Crippen molar-refractivity contribution in [1.82, 2.24) is 4.90 Å². The van der Waals surface area contributed by atoms with Gasteiger partial charge in [0.2, 0.25) is 5.91 Å². The Hall–Kier alpha value is -1.50. The highest BCUT2D eigenvalue weighted by Crippen LogP contribution is 2.09. The fourth-order valence-corrected chi connectivity index (χ4v) is 1.89. The Balaban J connectivity index is 2.54. The minimum atomic E-state index is -0.643. The number of rotatable bonds is 8. The lowest BCUT2D eigenvalue weighted by molar-refractivity contribution is -0.118. The largest absolute Gasteiger partial charge is 0.389 e. The lowest BCUT2D eigenvalue weighted by atomic mass is 10.2. The average molecular weight is 298 g/mol. The first-order chi connectivity index (χ1) is 9.92. The van der Waals surface area contributed by atoms with E-state index in [0.29, 0.717) is 12.2 Å². The Morgan fingerprint density at radius 1 is 1.38 bits per heavy atom. The summed E-state index contributed by atoms with van der Waals surface area (Å²) in [5.41, 5.74) is 0.544. The van der Waals surface area contributed by atoms with Crippen LogP contribution in [0, 0.1) is 5.82 Å². The second kappa shape index (κ2) is 8.71. The zero-order valence-corrected chi connectivity index (χ0v) is 12.7. The number of nitrogens with zero attached hydrogens (tertiary/aromatic N) is 1. The number of anilines is 1. The van der Waals surface area contributed by atoms with E-state index >= 15 is 0 Å².